The summed E-state index contributed by atoms with van der Waals surface area (Å²) in [6.07, 6.45) is 2.77. The number of aromatic nitrogens is 1. The van der Waals surface area contributed by atoms with Gasteiger partial charge >= 0.3 is 0 Å². The molecule has 1 aromatic heterocycles. The van der Waals surface area contributed by atoms with Crippen LogP contribution in [0.3, 0.4) is 0 Å². The summed E-state index contributed by atoms with van der Waals surface area (Å²) >= 11 is 3.44. The molecule has 2 rings (SSSR count). The number of carbonyl (C=O) groups is 1. The third-order valence-corrected chi connectivity index (χ3v) is 3.77. The van der Waals surface area contributed by atoms with E-state index in [2.05, 4.69) is 27.8 Å². The van der Waals surface area contributed by atoms with E-state index in [9.17, 15) is 4.79 Å². The van der Waals surface area contributed by atoms with E-state index in [0.29, 0.717) is 12.3 Å². The SMILES string of the molecule is Cc1cc(Br)cc(CC(=O)N2CCCC(C)C2)n1. The minimum atomic E-state index is 0.201. The van der Waals surface area contributed by atoms with Crippen molar-refractivity contribution >= 4 is 21.8 Å². The highest BCUT2D eigenvalue weighted by Gasteiger charge is 2.21. The molecule has 1 unspecified atom stereocenters. The Bertz CT molecular complexity index is 427. The highest BCUT2D eigenvalue weighted by molar-refractivity contribution is 9.10. The van der Waals surface area contributed by atoms with Gasteiger partial charge in [0.05, 0.1) is 12.1 Å². The van der Waals surface area contributed by atoms with Crippen LogP contribution in [-0.4, -0.2) is 28.9 Å². The summed E-state index contributed by atoms with van der Waals surface area (Å²) in [6.45, 7) is 5.95. The number of halogens is 1. The van der Waals surface area contributed by atoms with E-state index in [-0.39, 0.29) is 5.91 Å². The summed E-state index contributed by atoms with van der Waals surface area (Å²) in [5.74, 6) is 0.825. The van der Waals surface area contributed by atoms with Crippen LogP contribution in [-0.2, 0) is 11.2 Å². The van der Waals surface area contributed by atoms with Gasteiger partial charge in [-0.1, -0.05) is 22.9 Å². The molecule has 0 saturated carbocycles. The normalized spacial score (nSPS) is 19.9. The van der Waals surface area contributed by atoms with Crippen molar-refractivity contribution in [1.82, 2.24) is 9.88 Å². The molecule has 3 nitrogen and oxygen atoms in total. The summed E-state index contributed by atoms with van der Waals surface area (Å²) < 4.78 is 0.991. The van der Waals surface area contributed by atoms with E-state index in [1.54, 1.807) is 0 Å². The van der Waals surface area contributed by atoms with Crippen molar-refractivity contribution in [3.8, 4) is 0 Å². The van der Waals surface area contributed by atoms with Gasteiger partial charge in [-0.05, 0) is 37.8 Å². The lowest BCUT2D eigenvalue weighted by Gasteiger charge is -2.31. The highest BCUT2D eigenvalue weighted by Crippen LogP contribution is 2.17. The maximum Gasteiger partial charge on any atom is 0.228 e. The van der Waals surface area contributed by atoms with E-state index in [0.717, 1.165) is 35.4 Å². The first-order valence-electron chi connectivity index (χ1n) is 6.45. The van der Waals surface area contributed by atoms with Crippen LogP contribution in [0.25, 0.3) is 0 Å². The average Bonchev–Trinajstić information content (AvgIpc) is 2.27. The topological polar surface area (TPSA) is 33.2 Å². The van der Waals surface area contributed by atoms with Crippen molar-refractivity contribution in [2.75, 3.05) is 13.1 Å². The Hall–Kier alpha value is -0.900. The highest BCUT2D eigenvalue weighted by atomic mass is 79.9. The zero-order valence-electron chi connectivity index (χ0n) is 10.9. The molecule has 1 aromatic rings. The number of amides is 1. The Morgan fingerprint density at radius 3 is 3.00 bits per heavy atom. The van der Waals surface area contributed by atoms with Crippen LogP contribution in [0.1, 0.15) is 31.2 Å². The molecule has 0 aromatic carbocycles. The molecule has 1 aliphatic heterocycles. The first-order chi connectivity index (χ1) is 8.54. The van der Waals surface area contributed by atoms with E-state index < -0.39 is 0 Å². The van der Waals surface area contributed by atoms with Crippen molar-refractivity contribution in [3.05, 3.63) is 28.0 Å². The summed E-state index contributed by atoms with van der Waals surface area (Å²) in [5.41, 5.74) is 1.80. The van der Waals surface area contributed by atoms with Gasteiger partial charge in [0.1, 0.15) is 0 Å². The van der Waals surface area contributed by atoms with Gasteiger partial charge in [-0.2, -0.15) is 0 Å². The van der Waals surface area contributed by atoms with Crippen LogP contribution >= 0.6 is 15.9 Å². The van der Waals surface area contributed by atoms with Gasteiger partial charge in [-0.25, -0.2) is 0 Å². The van der Waals surface area contributed by atoms with Crippen molar-refractivity contribution in [1.29, 1.82) is 0 Å². The van der Waals surface area contributed by atoms with Crippen LogP contribution in [0.15, 0.2) is 16.6 Å². The van der Waals surface area contributed by atoms with Gasteiger partial charge in [-0.3, -0.25) is 9.78 Å². The van der Waals surface area contributed by atoms with Crippen LogP contribution in [0.2, 0.25) is 0 Å². The Labute approximate surface area is 117 Å². The van der Waals surface area contributed by atoms with Crippen molar-refractivity contribution in [2.45, 2.75) is 33.1 Å². The number of hydrogen-bond donors (Lipinski definition) is 0. The number of piperidine rings is 1. The number of rotatable bonds is 2. The quantitative estimate of drug-likeness (QED) is 0.841. The molecule has 98 valence electrons. The van der Waals surface area contributed by atoms with Crippen LogP contribution in [0.5, 0.6) is 0 Å². The smallest absolute Gasteiger partial charge is 0.228 e. The Morgan fingerprint density at radius 2 is 2.33 bits per heavy atom. The van der Waals surface area contributed by atoms with E-state index >= 15 is 0 Å². The molecule has 1 aliphatic rings. The maximum absolute atomic E-state index is 12.2. The molecule has 0 radical (unpaired) electrons. The second kappa shape index (κ2) is 5.83. The number of aryl methyl sites for hydroxylation is 1. The fraction of sp³-hybridized carbons (Fsp3) is 0.571. The van der Waals surface area contributed by atoms with Crippen molar-refractivity contribution in [2.24, 2.45) is 5.92 Å². The standard InChI is InChI=1S/C14H19BrN2O/c1-10-4-3-5-17(9-10)14(18)8-13-7-12(15)6-11(2)16-13/h6-7,10H,3-5,8-9H2,1-2H3. The van der Waals surface area contributed by atoms with E-state index in [4.69, 9.17) is 0 Å². The Balaban J connectivity index is 2.02. The number of hydrogen-bond acceptors (Lipinski definition) is 2. The molecular weight excluding hydrogens is 292 g/mol. The average molecular weight is 311 g/mol. The summed E-state index contributed by atoms with van der Waals surface area (Å²) in [6, 6.07) is 3.88. The van der Waals surface area contributed by atoms with Gasteiger partial charge < -0.3 is 4.90 Å². The molecule has 1 fully saturated rings. The molecule has 0 N–H and O–H groups in total. The molecule has 1 atom stereocenters. The third-order valence-electron chi connectivity index (χ3n) is 3.31. The number of nitrogens with zero attached hydrogens (tertiary/aromatic N) is 2. The van der Waals surface area contributed by atoms with Gasteiger partial charge in [0.25, 0.3) is 0 Å². The minimum absolute atomic E-state index is 0.201. The summed E-state index contributed by atoms with van der Waals surface area (Å²) in [7, 11) is 0. The van der Waals surface area contributed by atoms with Crippen molar-refractivity contribution < 1.29 is 4.79 Å². The first kappa shape index (κ1) is 13.5. The predicted molar refractivity (Wildman–Crippen MR) is 75.4 cm³/mol. The third kappa shape index (κ3) is 3.55. The monoisotopic (exact) mass is 310 g/mol. The molecule has 1 amide bonds. The number of pyridine rings is 1. The van der Waals surface area contributed by atoms with Crippen LogP contribution in [0.4, 0.5) is 0 Å². The van der Waals surface area contributed by atoms with Crippen LogP contribution in [0, 0.1) is 12.8 Å². The molecule has 2 heterocycles. The van der Waals surface area contributed by atoms with Crippen LogP contribution < -0.4 is 0 Å². The molecule has 4 heteroatoms. The fourth-order valence-electron chi connectivity index (χ4n) is 2.46. The van der Waals surface area contributed by atoms with E-state index in [1.807, 2.05) is 24.0 Å². The van der Waals surface area contributed by atoms with Gasteiger partial charge in [0.15, 0.2) is 0 Å². The fourth-order valence-corrected chi connectivity index (χ4v) is 3.06. The molecular formula is C14H19BrN2O. The number of likely N-dealkylation sites (tertiary alicyclic amines) is 1. The van der Waals surface area contributed by atoms with Crippen molar-refractivity contribution in [3.63, 3.8) is 0 Å². The maximum atomic E-state index is 12.2. The molecule has 18 heavy (non-hydrogen) atoms. The zero-order chi connectivity index (χ0) is 13.1. The molecule has 0 aliphatic carbocycles. The summed E-state index contributed by atoms with van der Waals surface area (Å²) in [5, 5.41) is 0. The van der Waals surface area contributed by atoms with E-state index in [1.165, 1.54) is 6.42 Å². The lowest BCUT2D eigenvalue weighted by Crippen LogP contribution is -2.40. The van der Waals surface area contributed by atoms with Gasteiger partial charge in [0, 0.05) is 23.3 Å². The Morgan fingerprint density at radius 1 is 1.56 bits per heavy atom. The second-order valence-corrected chi connectivity index (χ2v) is 6.10. The Kier molecular flexibility index (Phi) is 4.38. The number of carbonyl (C=O) groups excluding carboxylic acids is 1. The minimum Gasteiger partial charge on any atom is -0.342 e. The van der Waals surface area contributed by atoms with Gasteiger partial charge in [0.2, 0.25) is 5.91 Å². The molecule has 0 bridgehead atoms. The largest absolute Gasteiger partial charge is 0.342 e. The molecule has 1 saturated heterocycles. The second-order valence-electron chi connectivity index (χ2n) is 5.18. The van der Waals surface area contributed by atoms with Gasteiger partial charge in [-0.15, -0.1) is 0 Å². The lowest BCUT2D eigenvalue weighted by molar-refractivity contribution is -0.132. The summed E-state index contributed by atoms with van der Waals surface area (Å²) in [4.78, 5) is 18.6. The first-order valence-corrected chi connectivity index (χ1v) is 7.25. The lowest BCUT2D eigenvalue weighted by atomic mass is 10.00. The predicted octanol–water partition coefficient (Wildman–Crippen LogP) is 2.95. The zero-order valence-corrected chi connectivity index (χ0v) is 12.5. The molecule has 0 spiro atoms.